The SMILES string of the molecule is CCOc1cc(/C=N/NC(=O)C2COc3ccccc3O2)ccc1O. The maximum atomic E-state index is 12.1. The first kappa shape index (κ1) is 16.6. The highest BCUT2D eigenvalue weighted by Gasteiger charge is 2.26. The van der Waals surface area contributed by atoms with Gasteiger partial charge in [0.05, 0.1) is 12.8 Å². The van der Waals surface area contributed by atoms with Gasteiger partial charge in [-0.15, -0.1) is 0 Å². The van der Waals surface area contributed by atoms with E-state index in [4.69, 9.17) is 14.2 Å². The van der Waals surface area contributed by atoms with Crippen LogP contribution in [0.25, 0.3) is 0 Å². The van der Waals surface area contributed by atoms with E-state index in [1.54, 1.807) is 30.3 Å². The van der Waals surface area contributed by atoms with E-state index < -0.39 is 12.0 Å². The van der Waals surface area contributed by atoms with Gasteiger partial charge in [-0.2, -0.15) is 5.10 Å². The lowest BCUT2D eigenvalue weighted by atomic mass is 10.2. The van der Waals surface area contributed by atoms with Crippen LogP contribution in [-0.4, -0.2) is 36.5 Å². The zero-order valence-corrected chi connectivity index (χ0v) is 13.6. The van der Waals surface area contributed by atoms with Crippen molar-refractivity contribution in [3.63, 3.8) is 0 Å². The smallest absolute Gasteiger partial charge is 0.284 e. The van der Waals surface area contributed by atoms with Crippen LogP contribution in [0.4, 0.5) is 0 Å². The minimum absolute atomic E-state index is 0.0504. The van der Waals surface area contributed by atoms with Crippen LogP contribution in [0.1, 0.15) is 12.5 Å². The third kappa shape index (κ3) is 4.00. The van der Waals surface area contributed by atoms with Gasteiger partial charge < -0.3 is 19.3 Å². The first-order valence-corrected chi connectivity index (χ1v) is 7.84. The molecule has 0 spiro atoms. The fraction of sp³-hybridized carbons (Fsp3) is 0.222. The third-order valence-corrected chi connectivity index (χ3v) is 3.47. The minimum Gasteiger partial charge on any atom is -0.504 e. The van der Waals surface area contributed by atoms with Gasteiger partial charge in [0, 0.05) is 0 Å². The number of phenolic OH excluding ortho intramolecular Hbond substituents is 1. The number of nitrogens with one attached hydrogen (secondary N) is 1. The van der Waals surface area contributed by atoms with Crippen LogP contribution in [-0.2, 0) is 4.79 Å². The second kappa shape index (κ2) is 7.57. The zero-order valence-electron chi connectivity index (χ0n) is 13.6. The highest BCUT2D eigenvalue weighted by Crippen LogP contribution is 2.30. The van der Waals surface area contributed by atoms with Crippen LogP contribution in [0.3, 0.4) is 0 Å². The second-order valence-corrected chi connectivity index (χ2v) is 5.26. The number of hydrogen-bond donors (Lipinski definition) is 2. The molecule has 1 unspecified atom stereocenters. The van der Waals surface area contributed by atoms with Crippen molar-refractivity contribution in [3.8, 4) is 23.0 Å². The minimum atomic E-state index is -0.772. The van der Waals surface area contributed by atoms with Crippen LogP contribution >= 0.6 is 0 Å². The maximum Gasteiger partial charge on any atom is 0.284 e. The molecule has 130 valence electrons. The number of hydrogen-bond acceptors (Lipinski definition) is 6. The van der Waals surface area contributed by atoms with Gasteiger partial charge in [0.25, 0.3) is 5.91 Å². The molecule has 2 N–H and O–H groups in total. The van der Waals surface area contributed by atoms with Crippen molar-refractivity contribution in [2.75, 3.05) is 13.2 Å². The second-order valence-electron chi connectivity index (χ2n) is 5.26. The Morgan fingerprint density at radius 1 is 1.36 bits per heavy atom. The predicted molar refractivity (Wildman–Crippen MR) is 91.4 cm³/mol. The number of carbonyl (C=O) groups is 1. The molecule has 0 aromatic heterocycles. The van der Waals surface area contributed by atoms with E-state index in [1.807, 2.05) is 13.0 Å². The summed E-state index contributed by atoms with van der Waals surface area (Å²) < 4.78 is 16.4. The van der Waals surface area contributed by atoms with Crippen molar-refractivity contribution in [2.24, 2.45) is 5.10 Å². The molecule has 3 rings (SSSR count). The highest BCUT2D eigenvalue weighted by molar-refractivity contribution is 5.85. The summed E-state index contributed by atoms with van der Waals surface area (Å²) in [5, 5.41) is 13.6. The normalized spacial score (nSPS) is 15.8. The van der Waals surface area contributed by atoms with Crippen molar-refractivity contribution < 1.29 is 24.1 Å². The number of benzene rings is 2. The zero-order chi connectivity index (χ0) is 17.6. The average molecular weight is 342 g/mol. The number of nitrogens with zero attached hydrogens (tertiary/aromatic N) is 1. The Hall–Kier alpha value is -3.22. The molecule has 7 heteroatoms. The van der Waals surface area contributed by atoms with Crippen LogP contribution in [0.2, 0.25) is 0 Å². The molecule has 0 saturated carbocycles. The Morgan fingerprint density at radius 3 is 2.96 bits per heavy atom. The van der Waals surface area contributed by atoms with Gasteiger partial charge in [-0.05, 0) is 42.8 Å². The molecule has 1 aliphatic heterocycles. The fourth-order valence-corrected chi connectivity index (χ4v) is 2.27. The summed E-state index contributed by atoms with van der Waals surface area (Å²) in [7, 11) is 0. The monoisotopic (exact) mass is 342 g/mol. The number of aromatic hydroxyl groups is 1. The summed E-state index contributed by atoms with van der Waals surface area (Å²) in [6, 6.07) is 12.0. The number of hydrazone groups is 1. The lowest BCUT2D eigenvalue weighted by molar-refractivity contribution is -0.130. The molecule has 0 bridgehead atoms. The maximum absolute atomic E-state index is 12.1. The van der Waals surface area contributed by atoms with Gasteiger partial charge >= 0.3 is 0 Å². The molecule has 0 radical (unpaired) electrons. The Labute approximate surface area is 144 Å². The fourth-order valence-electron chi connectivity index (χ4n) is 2.27. The number of ether oxygens (including phenoxy) is 3. The molecule has 2 aromatic carbocycles. The molecule has 1 aliphatic rings. The Kier molecular flexibility index (Phi) is 5.03. The van der Waals surface area contributed by atoms with Crippen LogP contribution in [0.15, 0.2) is 47.6 Å². The van der Waals surface area contributed by atoms with Gasteiger partial charge in [0.15, 0.2) is 23.0 Å². The van der Waals surface area contributed by atoms with E-state index in [9.17, 15) is 9.90 Å². The molecule has 1 heterocycles. The van der Waals surface area contributed by atoms with Gasteiger partial charge in [-0.3, -0.25) is 4.79 Å². The lowest BCUT2D eigenvalue weighted by Crippen LogP contribution is -2.42. The van der Waals surface area contributed by atoms with Gasteiger partial charge in [0.1, 0.15) is 6.61 Å². The summed E-state index contributed by atoms with van der Waals surface area (Å²) >= 11 is 0. The number of phenols is 1. The first-order valence-electron chi connectivity index (χ1n) is 7.84. The van der Waals surface area contributed by atoms with Crippen LogP contribution < -0.4 is 19.6 Å². The van der Waals surface area contributed by atoms with Crippen molar-refractivity contribution >= 4 is 12.1 Å². The van der Waals surface area contributed by atoms with Crippen molar-refractivity contribution in [1.82, 2.24) is 5.43 Å². The summed E-state index contributed by atoms with van der Waals surface area (Å²) in [5.74, 6) is 1.14. The standard InChI is InChI=1S/C18H18N2O5/c1-2-23-16-9-12(7-8-13(16)21)10-19-20-18(22)17-11-24-14-5-3-4-6-15(14)25-17/h3-10,17,21H,2,11H2,1H3,(H,20,22)/b19-10+. The van der Waals surface area contributed by atoms with E-state index >= 15 is 0 Å². The predicted octanol–water partition coefficient (Wildman–Crippen LogP) is 2.08. The Morgan fingerprint density at radius 2 is 2.16 bits per heavy atom. The molecule has 2 aromatic rings. The number of amides is 1. The molecule has 1 atom stereocenters. The van der Waals surface area contributed by atoms with Crippen LogP contribution in [0.5, 0.6) is 23.0 Å². The van der Waals surface area contributed by atoms with Gasteiger partial charge in [-0.25, -0.2) is 5.43 Å². The van der Waals surface area contributed by atoms with Gasteiger partial charge in [0.2, 0.25) is 6.10 Å². The molecule has 0 saturated heterocycles. The number of rotatable bonds is 5. The van der Waals surface area contributed by atoms with Crippen LogP contribution in [0, 0.1) is 0 Å². The van der Waals surface area contributed by atoms with E-state index in [-0.39, 0.29) is 12.4 Å². The molecular weight excluding hydrogens is 324 g/mol. The largest absolute Gasteiger partial charge is 0.504 e. The molecule has 25 heavy (non-hydrogen) atoms. The van der Waals surface area contributed by atoms with E-state index in [2.05, 4.69) is 10.5 Å². The average Bonchev–Trinajstić information content (AvgIpc) is 2.64. The first-order chi connectivity index (χ1) is 12.2. The quantitative estimate of drug-likeness (QED) is 0.641. The van der Waals surface area contributed by atoms with E-state index in [0.717, 1.165) is 0 Å². The van der Waals surface area contributed by atoms with Crippen molar-refractivity contribution in [3.05, 3.63) is 48.0 Å². The van der Waals surface area contributed by atoms with Crippen molar-refractivity contribution in [1.29, 1.82) is 0 Å². The summed E-state index contributed by atoms with van der Waals surface area (Å²) in [6.07, 6.45) is 0.683. The molecular formula is C18H18N2O5. The summed E-state index contributed by atoms with van der Waals surface area (Å²) in [5.41, 5.74) is 3.09. The summed E-state index contributed by atoms with van der Waals surface area (Å²) in [4.78, 5) is 12.1. The molecule has 1 amide bonds. The molecule has 0 fully saturated rings. The number of para-hydroxylation sites is 2. The third-order valence-electron chi connectivity index (χ3n) is 3.47. The van der Waals surface area contributed by atoms with E-state index in [1.165, 1.54) is 12.3 Å². The number of carbonyl (C=O) groups excluding carboxylic acids is 1. The molecule has 0 aliphatic carbocycles. The van der Waals surface area contributed by atoms with Crippen molar-refractivity contribution in [2.45, 2.75) is 13.0 Å². The topological polar surface area (TPSA) is 89.4 Å². The summed E-state index contributed by atoms with van der Waals surface area (Å²) in [6.45, 7) is 2.38. The Bertz CT molecular complexity index is 791. The molecule has 7 nitrogen and oxygen atoms in total. The number of fused-ring (bicyclic) bond motifs is 1. The Balaban J connectivity index is 1.59. The van der Waals surface area contributed by atoms with Gasteiger partial charge in [-0.1, -0.05) is 12.1 Å². The lowest BCUT2D eigenvalue weighted by Gasteiger charge is -2.24. The van der Waals surface area contributed by atoms with E-state index in [0.29, 0.717) is 29.4 Å². The highest BCUT2D eigenvalue weighted by atomic mass is 16.6.